The van der Waals surface area contributed by atoms with Crippen molar-refractivity contribution in [2.24, 2.45) is 5.73 Å². The molecule has 2 nitrogen and oxygen atoms in total. The predicted molar refractivity (Wildman–Crippen MR) is 72.3 cm³/mol. The molecular formula is C14H16N2S. The molecule has 0 atom stereocenters. The van der Waals surface area contributed by atoms with Crippen LogP contribution in [0.25, 0.3) is 11.3 Å². The third-order valence-electron chi connectivity index (χ3n) is 3.06. The Bertz CT molecular complexity index is 500. The second-order valence-corrected chi connectivity index (χ2v) is 5.62. The fraction of sp³-hybridized carbons (Fsp3) is 0.357. The van der Waals surface area contributed by atoms with E-state index in [0.29, 0.717) is 6.54 Å². The lowest BCUT2D eigenvalue weighted by Gasteiger charge is -2.00. The van der Waals surface area contributed by atoms with Crippen molar-refractivity contribution >= 4 is 11.3 Å². The predicted octanol–water partition coefficient (Wildman–Crippen LogP) is 3.19. The zero-order valence-electron chi connectivity index (χ0n) is 9.73. The smallest absolute Gasteiger partial charge is 0.0966 e. The molecule has 0 unspecified atom stereocenters. The van der Waals surface area contributed by atoms with Gasteiger partial charge in [0.05, 0.1) is 10.7 Å². The van der Waals surface area contributed by atoms with Crippen molar-refractivity contribution in [2.45, 2.75) is 25.2 Å². The third kappa shape index (κ3) is 2.26. The summed E-state index contributed by atoms with van der Waals surface area (Å²) in [6.07, 6.45) is 3.56. The molecule has 0 saturated heterocycles. The molecule has 3 rings (SSSR count). The highest BCUT2D eigenvalue weighted by molar-refractivity contribution is 7.12. The molecule has 0 radical (unpaired) electrons. The van der Waals surface area contributed by atoms with Gasteiger partial charge >= 0.3 is 0 Å². The normalized spacial score (nSPS) is 15.1. The maximum absolute atomic E-state index is 5.69. The van der Waals surface area contributed by atoms with Gasteiger partial charge in [0, 0.05) is 16.4 Å². The summed E-state index contributed by atoms with van der Waals surface area (Å²) in [7, 11) is 0. The Kier molecular flexibility index (Phi) is 2.95. The lowest BCUT2D eigenvalue weighted by Crippen LogP contribution is -2.02. The van der Waals surface area contributed by atoms with E-state index >= 15 is 0 Å². The highest BCUT2D eigenvalue weighted by Gasteiger charge is 2.28. The van der Waals surface area contributed by atoms with E-state index < -0.39 is 0 Å². The van der Waals surface area contributed by atoms with E-state index in [1.807, 2.05) is 17.4 Å². The van der Waals surface area contributed by atoms with Crippen LogP contribution in [-0.4, -0.2) is 11.5 Å². The van der Waals surface area contributed by atoms with Crippen molar-refractivity contribution in [2.75, 3.05) is 6.54 Å². The molecule has 3 heteroatoms. The van der Waals surface area contributed by atoms with E-state index in [2.05, 4.69) is 24.3 Å². The monoisotopic (exact) mass is 244 g/mol. The number of nitrogens with two attached hydrogens (primary N) is 1. The third-order valence-corrected chi connectivity index (χ3v) is 4.34. The Morgan fingerprint density at radius 3 is 2.65 bits per heavy atom. The van der Waals surface area contributed by atoms with Crippen molar-refractivity contribution in [3.63, 3.8) is 0 Å². The summed E-state index contributed by atoms with van der Waals surface area (Å²) < 4.78 is 0. The second kappa shape index (κ2) is 4.59. The SMILES string of the molecule is NCCc1sc(C2CC2)nc1-c1ccccc1. The van der Waals surface area contributed by atoms with Crippen LogP contribution in [0.2, 0.25) is 0 Å². The number of nitrogens with zero attached hydrogens (tertiary/aromatic N) is 1. The molecule has 1 aliphatic rings. The maximum Gasteiger partial charge on any atom is 0.0966 e. The molecular weight excluding hydrogens is 228 g/mol. The van der Waals surface area contributed by atoms with Gasteiger partial charge in [0.15, 0.2) is 0 Å². The van der Waals surface area contributed by atoms with Crippen LogP contribution in [0.3, 0.4) is 0 Å². The number of thiazole rings is 1. The molecule has 88 valence electrons. The number of aromatic nitrogens is 1. The summed E-state index contributed by atoms with van der Waals surface area (Å²) in [5.41, 5.74) is 8.06. The van der Waals surface area contributed by atoms with E-state index in [1.54, 1.807) is 0 Å². The zero-order valence-corrected chi connectivity index (χ0v) is 10.5. The average Bonchev–Trinajstić information content (AvgIpc) is 3.13. The summed E-state index contributed by atoms with van der Waals surface area (Å²) in [5, 5.41) is 1.31. The standard InChI is InChI=1S/C14H16N2S/c15-9-8-12-13(10-4-2-1-3-5-10)16-14(17-12)11-6-7-11/h1-5,11H,6-9,15H2. The first-order valence-electron chi connectivity index (χ1n) is 6.13. The van der Waals surface area contributed by atoms with Crippen LogP contribution in [0, 0.1) is 0 Å². The lowest BCUT2D eigenvalue weighted by molar-refractivity contribution is 0.984. The molecule has 0 aliphatic heterocycles. The number of hydrogen-bond donors (Lipinski definition) is 1. The van der Waals surface area contributed by atoms with Gasteiger partial charge in [0.1, 0.15) is 0 Å². The fourth-order valence-corrected chi connectivity index (χ4v) is 3.27. The molecule has 1 saturated carbocycles. The molecule has 2 aromatic rings. The Labute approximate surface area is 106 Å². The van der Waals surface area contributed by atoms with Crippen molar-refractivity contribution in [3.8, 4) is 11.3 Å². The Balaban J connectivity index is 2.01. The summed E-state index contributed by atoms with van der Waals surface area (Å²) in [6.45, 7) is 0.701. The van der Waals surface area contributed by atoms with Crippen molar-refractivity contribution in [1.82, 2.24) is 4.98 Å². The second-order valence-electron chi connectivity index (χ2n) is 4.50. The summed E-state index contributed by atoms with van der Waals surface area (Å²) in [4.78, 5) is 6.17. The molecule has 1 fully saturated rings. The molecule has 1 aromatic carbocycles. The minimum Gasteiger partial charge on any atom is -0.330 e. The largest absolute Gasteiger partial charge is 0.330 e. The Morgan fingerprint density at radius 2 is 2.00 bits per heavy atom. The molecule has 17 heavy (non-hydrogen) atoms. The summed E-state index contributed by atoms with van der Waals surface area (Å²) in [6, 6.07) is 10.4. The molecule has 1 aromatic heterocycles. The minimum atomic E-state index is 0.701. The van der Waals surface area contributed by atoms with Crippen LogP contribution in [0.1, 0.15) is 28.6 Å². The van der Waals surface area contributed by atoms with Gasteiger partial charge in [-0.3, -0.25) is 0 Å². The maximum atomic E-state index is 5.69. The Hall–Kier alpha value is -1.19. The van der Waals surface area contributed by atoms with Gasteiger partial charge in [-0.1, -0.05) is 30.3 Å². The topological polar surface area (TPSA) is 38.9 Å². The van der Waals surface area contributed by atoms with E-state index in [4.69, 9.17) is 10.7 Å². The molecule has 0 bridgehead atoms. The van der Waals surface area contributed by atoms with Gasteiger partial charge in [-0.05, 0) is 25.8 Å². The van der Waals surface area contributed by atoms with Crippen LogP contribution in [0.5, 0.6) is 0 Å². The lowest BCUT2D eigenvalue weighted by atomic mass is 10.1. The van der Waals surface area contributed by atoms with E-state index in [-0.39, 0.29) is 0 Å². The molecule has 0 spiro atoms. The molecule has 1 aliphatic carbocycles. The first-order valence-corrected chi connectivity index (χ1v) is 6.95. The fourth-order valence-electron chi connectivity index (χ4n) is 2.00. The highest BCUT2D eigenvalue weighted by Crippen LogP contribution is 2.44. The van der Waals surface area contributed by atoms with Crippen LogP contribution in [0.4, 0.5) is 0 Å². The number of benzene rings is 1. The first-order chi connectivity index (χ1) is 8.38. The minimum absolute atomic E-state index is 0.701. The summed E-state index contributed by atoms with van der Waals surface area (Å²) >= 11 is 1.86. The first kappa shape index (κ1) is 10.9. The van der Waals surface area contributed by atoms with Gasteiger partial charge in [0.25, 0.3) is 0 Å². The zero-order chi connectivity index (χ0) is 11.7. The molecule has 0 amide bonds. The quantitative estimate of drug-likeness (QED) is 0.897. The van der Waals surface area contributed by atoms with Crippen LogP contribution < -0.4 is 5.73 Å². The van der Waals surface area contributed by atoms with E-state index in [9.17, 15) is 0 Å². The van der Waals surface area contributed by atoms with Gasteiger partial charge in [-0.2, -0.15) is 0 Å². The number of rotatable bonds is 4. The van der Waals surface area contributed by atoms with Gasteiger partial charge in [0.2, 0.25) is 0 Å². The van der Waals surface area contributed by atoms with Crippen LogP contribution in [-0.2, 0) is 6.42 Å². The average molecular weight is 244 g/mol. The van der Waals surface area contributed by atoms with Crippen LogP contribution in [0.15, 0.2) is 30.3 Å². The highest BCUT2D eigenvalue weighted by atomic mass is 32.1. The van der Waals surface area contributed by atoms with Gasteiger partial charge in [-0.15, -0.1) is 11.3 Å². The van der Waals surface area contributed by atoms with Crippen molar-refractivity contribution < 1.29 is 0 Å². The summed E-state index contributed by atoms with van der Waals surface area (Å²) in [5.74, 6) is 0.731. The van der Waals surface area contributed by atoms with Gasteiger partial charge in [-0.25, -0.2) is 4.98 Å². The molecule has 2 N–H and O–H groups in total. The molecule has 1 heterocycles. The van der Waals surface area contributed by atoms with E-state index in [1.165, 1.54) is 28.3 Å². The van der Waals surface area contributed by atoms with Gasteiger partial charge < -0.3 is 5.73 Å². The van der Waals surface area contributed by atoms with Crippen molar-refractivity contribution in [3.05, 3.63) is 40.2 Å². The van der Waals surface area contributed by atoms with E-state index in [0.717, 1.165) is 18.0 Å². The van der Waals surface area contributed by atoms with Crippen molar-refractivity contribution in [1.29, 1.82) is 0 Å². The number of hydrogen-bond acceptors (Lipinski definition) is 3. The van der Waals surface area contributed by atoms with Crippen LogP contribution >= 0.6 is 11.3 Å². The Morgan fingerprint density at radius 1 is 1.24 bits per heavy atom.